The molecule has 3 nitrogen and oxygen atoms in total. The van der Waals surface area contributed by atoms with Gasteiger partial charge in [0.25, 0.3) is 0 Å². The van der Waals surface area contributed by atoms with E-state index in [1.54, 1.807) is 16.7 Å². The molecule has 1 aromatic rings. The van der Waals surface area contributed by atoms with Crippen molar-refractivity contribution in [1.29, 1.82) is 0 Å². The largest absolute Gasteiger partial charge is 0.241 e. The first kappa shape index (κ1) is 29.7. The zero-order valence-corrected chi connectivity index (χ0v) is 27.1. The monoisotopic (exact) mass is 562 g/mol. The van der Waals surface area contributed by atoms with Gasteiger partial charge in [-0.1, -0.05) is 75.5 Å². The van der Waals surface area contributed by atoms with Crippen molar-refractivity contribution in [2.45, 2.75) is 118 Å². The second-order valence-electron chi connectivity index (χ2n) is 14.8. The van der Waals surface area contributed by atoms with E-state index in [0.717, 1.165) is 28.0 Å². The van der Waals surface area contributed by atoms with Gasteiger partial charge in [-0.25, -0.2) is 9.04 Å². The summed E-state index contributed by atoms with van der Waals surface area (Å²) in [6.07, 6.45) is 15.1. The number of rotatable bonds is 7. The summed E-state index contributed by atoms with van der Waals surface area (Å²) in [5.41, 5.74) is 7.80. The first-order chi connectivity index (χ1) is 18.8. The van der Waals surface area contributed by atoms with E-state index < -0.39 is 9.71 Å². The Morgan fingerprint density at radius 1 is 1.10 bits per heavy atom. The Balaban J connectivity index is 1.51. The number of benzene rings is 1. The Labute approximate surface area is 245 Å². The summed E-state index contributed by atoms with van der Waals surface area (Å²) in [6, 6.07) is 7.86. The van der Waals surface area contributed by atoms with Crippen LogP contribution in [-0.4, -0.2) is 15.8 Å². The highest BCUT2D eigenvalue weighted by Crippen LogP contribution is 2.66. The van der Waals surface area contributed by atoms with Crippen molar-refractivity contribution < 1.29 is 4.21 Å². The van der Waals surface area contributed by atoms with Crippen molar-refractivity contribution >= 4 is 21.3 Å². The number of nitrogens with zero attached hydrogens (tertiary/aromatic N) is 1. The quantitative estimate of drug-likeness (QED) is 0.201. The number of hydrogen-bond acceptors (Lipinski definition) is 2. The topological polar surface area (TPSA) is 41.5 Å². The first-order valence-corrected chi connectivity index (χ1v) is 17.8. The summed E-state index contributed by atoms with van der Waals surface area (Å²) >= 11 is 0. The molecule has 4 aliphatic rings. The predicted molar refractivity (Wildman–Crippen MR) is 173 cm³/mol. The third kappa shape index (κ3) is 5.39. The lowest BCUT2D eigenvalue weighted by Crippen LogP contribution is -2.52. The van der Waals surface area contributed by atoms with Crippen LogP contribution in [0.15, 0.2) is 57.1 Å². The number of nitrogens with one attached hydrogen (secondary N) is 1. The maximum atomic E-state index is 13.7. The molecule has 0 aromatic heterocycles. The number of hydrogen-bond donors (Lipinski definition) is 1. The highest BCUT2D eigenvalue weighted by Gasteiger charge is 2.59. The SMILES string of the molecule is C=S(=O)(N/N=C1\C=C2CC(C)CCC2(C)[C@H]2CCC3(C)/C(=C(\C)CCCC(C)C)CC[C@H]3C12)c1ccc(C)cc1. The van der Waals surface area contributed by atoms with Crippen LogP contribution in [0, 0.1) is 47.3 Å². The Hall–Kier alpha value is -1.81. The van der Waals surface area contributed by atoms with Crippen LogP contribution in [0.4, 0.5) is 0 Å². The summed E-state index contributed by atoms with van der Waals surface area (Å²) in [4.78, 5) is 3.85. The molecular weight excluding hydrogens is 508 g/mol. The van der Waals surface area contributed by atoms with Crippen LogP contribution in [0.2, 0.25) is 0 Å². The van der Waals surface area contributed by atoms with Gasteiger partial charge in [0.15, 0.2) is 0 Å². The molecule has 0 saturated heterocycles. The van der Waals surface area contributed by atoms with E-state index in [-0.39, 0.29) is 10.8 Å². The van der Waals surface area contributed by atoms with Crippen LogP contribution in [0.25, 0.3) is 0 Å². The molecule has 3 saturated carbocycles. The second kappa shape index (κ2) is 11.1. The van der Waals surface area contributed by atoms with Crippen LogP contribution in [0.1, 0.15) is 111 Å². The lowest BCUT2D eigenvalue weighted by Gasteiger charge is -2.57. The van der Waals surface area contributed by atoms with E-state index >= 15 is 0 Å². The molecule has 40 heavy (non-hydrogen) atoms. The van der Waals surface area contributed by atoms with E-state index in [1.807, 2.05) is 24.3 Å². The van der Waals surface area contributed by atoms with Gasteiger partial charge < -0.3 is 0 Å². The standard InChI is InChI=1S/C36H54N2OS/c1-24(2)10-9-11-27(5)30-16-17-31-34-32(19-21-36(30,31)7)35(6)20-18-26(4)22-28(35)23-33(34)37-38-40(8,39)29-14-12-25(3)13-15-29/h12-15,23-24,26,31-32,34H,8-11,16-22H2,1-7H3,(H,38,39)/b30-27+,37-33+/t26?,31-,32-,34?,35?,36?,40?/m0/s1. The molecule has 220 valence electrons. The zero-order chi connectivity index (χ0) is 28.9. The van der Waals surface area contributed by atoms with Crippen molar-refractivity contribution in [3.8, 4) is 0 Å². The van der Waals surface area contributed by atoms with Crippen LogP contribution >= 0.6 is 0 Å². The average Bonchev–Trinajstić information content (AvgIpc) is 3.25. The van der Waals surface area contributed by atoms with E-state index in [1.165, 1.54) is 64.2 Å². The molecule has 5 unspecified atom stereocenters. The minimum absolute atomic E-state index is 0.246. The van der Waals surface area contributed by atoms with Gasteiger partial charge in [-0.2, -0.15) is 5.10 Å². The maximum Gasteiger partial charge on any atom is 0.0886 e. The summed E-state index contributed by atoms with van der Waals surface area (Å²) in [5, 5.41) is 5.05. The molecule has 0 spiro atoms. The zero-order valence-electron chi connectivity index (χ0n) is 26.3. The van der Waals surface area contributed by atoms with Crippen LogP contribution in [-0.2, 0) is 9.71 Å². The highest BCUT2D eigenvalue weighted by molar-refractivity contribution is 7.98. The van der Waals surface area contributed by atoms with Crippen LogP contribution < -0.4 is 4.83 Å². The molecule has 0 radical (unpaired) electrons. The van der Waals surface area contributed by atoms with E-state index in [9.17, 15) is 4.21 Å². The summed E-state index contributed by atoms with van der Waals surface area (Å²) in [6.45, 7) is 16.7. The lowest BCUT2D eigenvalue weighted by atomic mass is 9.47. The summed E-state index contributed by atoms with van der Waals surface area (Å²) in [7, 11) is -2.72. The fraction of sp³-hybridized carbons (Fsp3) is 0.667. The molecule has 4 heteroatoms. The molecule has 5 rings (SSSR count). The average molecular weight is 563 g/mol. The molecule has 7 atom stereocenters. The third-order valence-corrected chi connectivity index (χ3v) is 13.0. The van der Waals surface area contributed by atoms with Gasteiger partial charge in [-0.05, 0) is 130 Å². The molecule has 1 aromatic carbocycles. The predicted octanol–water partition coefficient (Wildman–Crippen LogP) is 9.28. The first-order valence-electron chi connectivity index (χ1n) is 16.0. The normalized spacial score (nSPS) is 37.3. The van der Waals surface area contributed by atoms with Gasteiger partial charge in [0.05, 0.1) is 20.3 Å². The Morgan fingerprint density at radius 3 is 2.48 bits per heavy atom. The van der Waals surface area contributed by atoms with Gasteiger partial charge in [-0.3, -0.25) is 0 Å². The van der Waals surface area contributed by atoms with E-state index in [0.29, 0.717) is 17.8 Å². The molecule has 1 N–H and O–H groups in total. The van der Waals surface area contributed by atoms with Crippen molar-refractivity contribution in [2.75, 3.05) is 0 Å². The number of hydrazone groups is 1. The van der Waals surface area contributed by atoms with Crippen molar-refractivity contribution in [2.24, 2.45) is 45.5 Å². The second-order valence-corrected chi connectivity index (χ2v) is 16.8. The van der Waals surface area contributed by atoms with E-state index in [2.05, 4.69) is 65.2 Å². The van der Waals surface area contributed by atoms with Gasteiger partial charge in [0.1, 0.15) is 0 Å². The molecule has 0 aliphatic heterocycles. The van der Waals surface area contributed by atoms with Gasteiger partial charge >= 0.3 is 0 Å². The van der Waals surface area contributed by atoms with Gasteiger partial charge in [0, 0.05) is 5.92 Å². The lowest BCUT2D eigenvalue weighted by molar-refractivity contribution is 0.0182. The number of aryl methyl sites for hydroxylation is 1. The molecule has 0 amide bonds. The van der Waals surface area contributed by atoms with Gasteiger partial charge in [0.2, 0.25) is 0 Å². The smallest absolute Gasteiger partial charge is 0.0886 e. The summed E-state index contributed by atoms with van der Waals surface area (Å²) in [5.74, 6) is 7.21. The van der Waals surface area contributed by atoms with Crippen molar-refractivity contribution in [3.63, 3.8) is 0 Å². The van der Waals surface area contributed by atoms with Crippen molar-refractivity contribution in [3.05, 3.63) is 52.6 Å². The maximum absolute atomic E-state index is 13.7. The fourth-order valence-corrected chi connectivity index (χ4v) is 10.0. The minimum atomic E-state index is -2.72. The highest BCUT2D eigenvalue weighted by atomic mass is 32.2. The van der Waals surface area contributed by atoms with Gasteiger partial charge in [-0.15, -0.1) is 0 Å². The number of fused-ring (bicyclic) bond motifs is 5. The number of allylic oxidation sites excluding steroid dienone is 4. The molecule has 0 heterocycles. The molecule has 3 fully saturated rings. The van der Waals surface area contributed by atoms with Crippen molar-refractivity contribution in [1.82, 2.24) is 4.83 Å². The minimum Gasteiger partial charge on any atom is -0.241 e. The Kier molecular flexibility index (Phi) is 8.25. The third-order valence-electron chi connectivity index (χ3n) is 11.6. The molecular formula is C36H54N2OS. The fourth-order valence-electron chi connectivity index (χ4n) is 9.09. The molecule has 4 aliphatic carbocycles. The Bertz CT molecular complexity index is 1300. The molecule has 0 bridgehead atoms. The van der Waals surface area contributed by atoms with E-state index in [4.69, 9.17) is 5.10 Å². The van der Waals surface area contributed by atoms with Crippen LogP contribution in [0.5, 0.6) is 0 Å². The summed E-state index contributed by atoms with van der Waals surface area (Å²) < 4.78 is 13.7. The Morgan fingerprint density at radius 2 is 1.77 bits per heavy atom. The van der Waals surface area contributed by atoms with Crippen LogP contribution in [0.3, 0.4) is 0 Å².